The molecule has 1 saturated carbocycles. The number of benzene rings is 1. The Morgan fingerprint density at radius 2 is 1.88 bits per heavy atom. The van der Waals surface area contributed by atoms with Crippen molar-refractivity contribution in [1.29, 1.82) is 0 Å². The number of alkyl halides is 2. The first-order chi connectivity index (χ1) is 14.9. The highest BCUT2D eigenvalue weighted by Gasteiger charge is 2.53. The SMILES string of the molecule is CCC(C)(C)C1CCC2(CC1)NC(=O)N(CC(=O)Nc1ccc3c(c1)OC(F)(F)O3)C2=O. The molecule has 2 N–H and O–H groups in total. The fraction of sp³-hybridized carbons (Fsp3) is 0.591. The normalized spacial score (nSPS) is 26.4. The molecule has 3 aliphatic rings. The van der Waals surface area contributed by atoms with Gasteiger partial charge in [0.25, 0.3) is 5.91 Å². The first kappa shape index (κ1) is 22.3. The van der Waals surface area contributed by atoms with Gasteiger partial charge in [-0.1, -0.05) is 27.2 Å². The Morgan fingerprint density at radius 1 is 1.22 bits per heavy atom. The number of nitrogens with zero attached hydrogens (tertiary/aromatic N) is 1. The Balaban J connectivity index is 1.38. The molecule has 32 heavy (non-hydrogen) atoms. The highest BCUT2D eigenvalue weighted by Crippen LogP contribution is 2.45. The molecule has 0 bridgehead atoms. The molecule has 2 aliphatic heterocycles. The van der Waals surface area contributed by atoms with E-state index in [1.165, 1.54) is 18.2 Å². The summed E-state index contributed by atoms with van der Waals surface area (Å²) in [6, 6.07) is 3.21. The number of fused-ring (bicyclic) bond motifs is 1. The summed E-state index contributed by atoms with van der Waals surface area (Å²) in [5, 5.41) is 5.31. The number of amides is 4. The van der Waals surface area contributed by atoms with E-state index >= 15 is 0 Å². The summed E-state index contributed by atoms with van der Waals surface area (Å²) in [5.41, 5.74) is -0.609. The summed E-state index contributed by atoms with van der Waals surface area (Å²) in [7, 11) is 0. The molecule has 0 aromatic heterocycles. The maximum absolute atomic E-state index is 13.2. The van der Waals surface area contributed by atoms with E-state index in [9.17, 15) is 23.2 Å². The van der Waals surface area contributed by atoms with E-state index in [1.54, 1.807) is 0 Å². The fourth-order valence-corrected chi connectivity index (χ4v) is 4.71. The van der Waals surface area contributed by atoms with Crippen molar-refractivity contribution in [2.24, 2.45) is 11.3 Å². The number of urea groups is 1. The van der Waals surface area contributed by atoms with Crippen molar-refractivity contribution < 1.29 is 32.6 Å². The zero-order chi connectivity index (χ0) is 23.3. The summed E-state index contributed by atoms with van der Waals surface area (Å²) in [4.78, 5) is 39.0. The molecule has 174 valence electrons. The lowest BCUT2D eigenvalue weighted by molar-refractivity contribution is -0.286. The third kappa shape index (κ3) is 3.98. The van der Waals surface area contributed by atoms with Crippen LogP contribution in [0.4, 0.5) is 19.3 Å². The Morgan fingerprint density at radius 3 is 2.53 bits per heavy atom. The van der Waals surface area contributed by atoms with Crippen LogP contribution in [0.1, 0.15) is 52.9 Å². The van der Waals surface area contributed by atoms with Gasteiger partial charge in [-0.3, -0.25) is 14.5 Å². The minimum atomic E-state index is -3.76. The van der Waals surface area contributed by atoms with Gasteiger partial charge in [0.1, 0.15) is 12.1 Å². The fourth-order valence-electron chi connectivity index (χ4n) is 4.71. The third-order valence-electron chi connectivity index (χ3n) is 7.09. The van der Waals surface area contributed by atoms with Crippen LogP contribution in [0.5, 0.6) is 11.5 Å². The number of carbonyl (C=O) groups is 3. The average Bonchev–Trinajstić information content (AvgIpc) is 3.15. The Hall–Kier alpha value is -2.91. The van der Waals surface area contributed by atoms with Crippen molar-refractivity contribution in [3.05, 3.63) is 18.2 Å². The molecule has 2 heterocycles. The van der Waals surface area contributed by atoms with E-state index in [1.807, 2.05) is 0 Å². The molecule has 2 fully saturated rings. The average molecular weight is 451 g/mol. The molecule has 8 nitrogen and oxygen atoms in total. The Kier molecular flexibility index (Phi) is 5.29. The van der Waals surface area contributed by atoms with Crippen LogP contribution in [0, 0.1) is 11.3 Å². The van der Waals surface area contributed by atoms with Gasteiger partial charge in [0, 0.05) is 11.8 Å². The second-order valence-electron chi connectivity index (χ2n) is 9.40. The van der Waals surface area contributed by atoms with Gasteiger partial charge in [-0.15, -0.1) is 8.78 Å². The predicted octanol–water partition coefficient (Wildman–Crippen LogP) is 3.86. The van der Waals surface area contributed by atoms with Crippen molar-refractivity contribution in [2.75, 3.05) is 11.9 Å². The molecule has 1 aromatic rings. The number of anilines is 1. The van der Waals surface area contributed by atoms with Crippen molar-refractivity contribution in [2.45, 2.75) is 64.7 Å². The van der Waals surface area contributed by atoms with Crippen LogP contribution in [0.15, 0.2) is 18.2 Å². The number of ether oxygens (including phenoxy) is 2. The molecule has 1 saturated heterocycles. The summed E-state index contributed by atoms with van der Waals surface area (Å²) in [6.45, 7) is 6.12. The van der Waals surface area contributed by atoms with Crippen LogP contribution in [0.2, 0.25) is 0 Å². The van der Waals surface area contributed by atoms with Crippen LogP contribution in [-0.2, 0) is 9.59 Å². The van der Waals surface area contributed by atoms with Crippen molar-refractivity contribution in [3.63, 3.8) is 0 Å². The molecule has 1 spiro atoms. The molecule has 1 aromatic carbocycles. The second-order valence-corrected chi connectivity index (χ2v) is 9.40. The van der Waals surface area contributed by atoms with Gasteiger partial charge < -0.3 is 20.1 Å². The number of halogens is 2. The van der Waals surface area contributed by atoms with Crippen LogP contribution in [0.3, 0.4) is 0 Å². The van der Waals surface area contributed by atoms with E-state index in [0.717, 1.165) is 24.2 Å². The molecular formula is C22H27F2N3O5. The lowest BCUT2D eigenvalue weighted by Crippen LogP contribution is -2.51. The van der Waals surface area contributed by atoms with Crippen LogP contribution >= 0.6 is 0 Å². The van der Waals surface area contributed by atoms with E-state index in [-0.39, 0.29) is 22.6 Å². The third-order valence-corrected chi connectivity index (χ3v) is 7.09. The van der Waals surface area contributed by atoms with Crippen molar-refractivity contribution in [1.82, 2.24) is 10.2 Å². The van der Waals surface area contributed by atoms with E-state index in [2.05, 4.69) is 40.9 Å². The predicted molar refractivity (Wildman–Crippen MR) is 110 cm³/mol. The van der Waals surface area contributed by atoms with Crippen molar-refractivity contribution >= 4 is 23.5 Å². The first-order valence-corrected chi connectivity index (χ1v) is 10.8. The standard InChI is InChI=1S/C22H27F2N3O5/c1-4-20(2,3)13-7-9-21(10-8-13)18(29)27(19(30)26-21)12-17(28)25-14-5-6-15-16(11-14)32-22(23,24)31-15/h5-6,11,13H,4,7-10,12H2,1-3H3,(H,25,28)(H,26,30). The Bertz CT molecular complexity index is 957. The molecule has 0 radical (unpaired) electrons. The number of rotatable bonds is 5. The van der Waals surface area contributed by atoms with Crippen LogP contribution in [-0.4, -0.2) is 41.1 Å². The molecule has 1 aliphatic carbocycles. The molecule has 0 unspecified atom stereocenters. The molecule has 4 amide bonds. The topological polar surface area (TPSA) is 97.0 Å². The molecule has 0 atom stereocenters. The van der Waals surface area contributed by atoms with Gasteiger partial charge >= 0.3 is 12.3 Å². The van der Waals surface area contributed by atoms with Gasteiger partial charge in [-0.2, -0.15) is 0 Å². The van der Waals surface area contributed by atoms with Gasteiger partial charge in [0.05, 0.1) is 0 Å². The largest absolute Gasteiger partial charge is 0.586 e. The zero-order valence-corrected chi connectivity index (χ0v) is 18.3. The number of imide groups is 1. The van der Waals surface area contributed by atoms with Crippen LogP contribution in [0.25, 0.3) is 0 Å². The lowest BCUT2D eigenvalue weighted by Gasteiger charge is -2.42. The van der Waals surface area contributed by atoms with Crippen molar-refractivity contribution in [3.8, 4) is 11.5 Å². The quantitative estimate of drug-likeness (QED) is 0.663. The Labute approximate surface area is 184 Å². The summed E-state index contributed by atoms with van der Waals surface area (Å²) in [5.74, 6) is -0.911. The highest BCUT2D eigenvalue weighted by atomic mass is 19.3. The molecule has 10 heteroatoms. The minimum Gasteiger partial charge on any atom is -0.395 e. The number of carbonyl (C=O) groups excluding carboxylic acids is 3. The summed E-state index contributed by atoms with van der Waals surface area (Å²) >= 11 is 0. The summed E-state index contributed by atoms with van der Waals surface area (Å²) < 4.78 is 35.0. The highest BCUT2D eigenvalue weighted by molar-refractivity contribution is 6.10. The van der Waals surface area contributed by atoms with Gasteiger partial charge in [0.15, 0.2) is 11.5 Å². The van der Waals surface area contributed by atoms with Crippen LogP contribution < -0.4 is 20.1 Å². The van der Waals surface area contributed by atoms with E-state index in [0.29, 0.717) is 18.8 Å². The van der Waals surface area contributed by atoms with Gasteiger partial charge in [0.2, 0.25) is 5.91 Å². The van der Waals surface area contributed by atoms with E-state index in [4.69, 9.17) is 0 Å². The lowest BCUT2D eigenvalue weighted by atomic mass is 9.65. The smallest absolute Gasteiger partial charge is 0.395 e. The second kappa shape index (κ2) is 7.60. The van der Waals surface area contributed by atoms with Gasteiger partial charge in [-0.25, -0.2) is 4.79 Å². The number of hydrogen-bond donors (Lipinski definition) is 2. The number of hydrogen-bond acceptors (Lipinski definition) is 5. The molecular weight excluding hydrogens is 424 g/mol. The van der Waals surface area contributed by atoms with Gasteiger partial charge in [-0.05, 0) is 49.1 Å². The molecule has 4 rings (SSSR count). The van der Waals surface area contributed by atoms with E-state index < -0.39 is 36.2 Å². The minimum absolute atomic E-state index is 0.147. The summed E-state index contributed by atoms with van der Waals surface area (Å²) in [6.07, 6.45) is 0.0171. The monoisotopic (exact) mass is 451 g/mol. The maximum atomic E-state index is 13.2. The number of nitrogens with one attached hydrogen (secondary N) is 2. The first-order valence-electron chi connectivity index (χ1n) is 10.8. The maximum Gasteiger partial charge on any atom is 0.586 e. The zero-order valence-electron chi connectivity index (χ0n) is 18.3.